The molecule has 2 aliphatic rings. The second kappa shape index (κ2) is 8.89. The van der Waals surface area contributed by atoms with Crippen LogP contribution >= 0.6 is 0 Å². The number of ether oxygens (including phenoxy) is 1. The van der Waals surface area contributed by atoms with Crippen LogP contribution in [0.25, 0.3) is 0 Å². The lowest BCUT2D eigenvalue weighted by Crippen LogP contribution is -2.53. The molecular weight excluding hydrogens is 430 g/mol. The monoisotopic (exact) mass is 453 g/mol. The first-order valence-corrected chi connectivity index (χ1v) is 10.6. The quantitative estimate of drug-likeness (QED) is 0.493. The second-order valence-corrected chi connectivity index (χ2v) is 7.88. The Hall–Kier alpha value is -3.95. The zero-order chi connectivity index (χ0) is 23.7. The minimum atomic E-state index is -1.18. The van der Waals surface area contributed by atoms with Crippen LogP contribution in [0.4, 0.5) is 0 Å². The van der Waals surface area contributed by atoms with Crippen molar-refractivity contribution >= 4 is 29.6 Å². The molecule has 4 amide bonds. The second-order valence-electron chi connectivity index (χ2n) is 7.88. The van der Waals surface area contributed by atoms with Crippen LogP contribution in [0.2, 0.25) is 0 Å². The summed E-state index contributed by atoms with van der Waals surface area (Å²) in [5.74, 6) is -2.42. The average molecular weight is 453 g/mol. The van der Waals surface area contributed by atoms with Gasteiger partial charge in [0.1, 0.15) is 6.04 Å². The molecule has 0 bridgehead atoms. The van der Waals surface area contributed by atoms with Crippen molar-refractivity contribution in [3.8, 4) is 0 Å². The lowest BCUT2D eigenvalue weighted by molar-refractivity contribution is -0.162. The van der Waals surface area contributed by atoms with Gasteiger partial charge in [-0.15, -0.1) is 0 Å². The molecule has 2 aromatic rings. The van der Waals surface area contributed by atoms with Gasteiger partial charge in [0.15, 0.2) is 11.9 Å². The van der Waals surface area contributed by atoms with E-state index in [4.69, 9.17) is 9.15 Å². The highest BCUT2D eigenvalue weighted by molar-refractivity contribution is 6.22. The summed E-state index contributed by atoms with van der Waals surface area (Å²) in [5, 5.41) is 0. The highest BCUT2D eigenvalue weighted by atomic mass is 16.5. The van der Waals surface area contributed by atoms with E-state index in [0.717, 1.165) is 4.90 Å². The fourth-order valence-corrected chi connectivity index (χ4v) is 3.93. The zero-order valence-corrected chi connectivity index (χ0v) is 18.2. The summed E-state index contributed by atoms with van der Waals surface area (Å²) in [4.78, 5) is 66.9. The number of carbonyl (C=O) groups is 5. The Morgan fingerprint density at radius 1 is 0.879 bits per heavy atom. The van der Waals surface area contributed by atoms with Gasteiger partial charge in [-0.25, -0.2) is 4.79 Å². The summed E-state index contributed by atoms with van der Waals surface area (Å²) < 4.78 is 10.4. The molecule has 0 spiro atoms. The van der Waals surface area contributed by atoms with Crippen LogP contribution in [0, 0.1) is 0 Å². The molecule has 1 aromatic carbocycles. The molecular formula is C23H23N3O7. The van der Waals surface area contributed by atoms with E-state index in [9.17, 15) is 24.0 Å². The van der Waals surface area contributed by atoms with Crippen molar-refractivity contribution in [1.82, 2.24) is 14.7 Å². The number of fused-ring (bicyclic) bond motifs is 1. The molecule has 172 valence electrons. The van der Waals surface area contributed by atoms with E-state index in [-0.39, 0.29) is 35.9 Å². The molecule has 4 rings (SSSR count). The van der Waals surface area contributed by atoms with Crippen molar-refractivity contribution in [2.75, 3.05) is 26.2 Å². The predicted octanol–water partition coefficient (Wildman–Crippen LogP) is 1.18. The zero-order valence-electron chi connectivity index (χ0n) is 18.2. The minimum absolute atomic E-state index is 0.230. The van der Waals surface area contributed by atoms with Crippen molar-refractivity contribution in [2.45, 2.75) is 26.0 Å². The molecule has 0 N–H and O–H groups in total. The first-order chi connectivity index (χ1) is 15.8. The molecule has 1 fully saturated rings. The van der Waals surface area contributed by atoms with Crippen LogP contribution in [-0.4, -0.2) is 82.6 Å². The molecule has 1 aromatic heterocycles. The van der Waals surface area contributed by atoms with Gasteiger partial charge in [-0.05, 0) is 38.1 Å². The fourth-order valence-electron chi connectivity index (χ4n) is 3.93. The molecule has 3 heterocycles. The minimum Gasteiger partial charge on any atom is -0.459 e. The number of rotatable bonds is 5. The van der Waals surface area contributed by atoms with Gasteiger partial charge in [0.05, 0.1) is 17.4 Å². The lowest BCUT2D eigenvalue weighted by Gasteiger charge is -2.35. The molecule has 33 heavy (non-hydrogen) atoms. The number of benzene rings is 1. The van der Waals surface area contributed by atoms with Gasteiger partial charge in [0, 0.05) is 26.2 Å². The number of amides is 4. The summed E-state index contributed by atoms with van der Waals surface area (Å²) >= 11 is 0. The van der Waals surface area contributed by atoms with Gasteiger partial charge < -0.3 is 19.0 Å². The van der Waals surface area contributed by atoms with Gasteiger partial charge in [-0.2, -0.15) is 0 Å². The molecule has 0 saturated carbocycles. The van der Waals surface area contributed by atoms with Crippen molar-refractivity contribution < 1.29 is 33.1 Å². The third-order valence-corrected chi connectivity index (χ3v) is 5.81. The molecule has 0 radical (unpaired) electrons. The highest BCUT2D eigenvalue weighted by Crippen LogP contribution is 2.25. The molecule has 10 heteroatoms. The Morgan fingerprint density at radius 3 is 2.00 bits per heavy atom. The summed E-state index contributed by atoms with van der Waals surface area (Å²) in [5.41, 5.74) is 0.460. The van der Waals surface area contributed by atoms with Crippen molar-refractivity contribution in [2.24, 2.45) is 0 Å². The normalized spacial score (nSPS) is 17.6. The molecule has 2 aliphatic heterocycles. The number of imide groups is 1. The third-order valence-electron chi connectivity index (χ3n) is 5.81. The standard InChI is InChI=1S/C23H23N3O7/c1-14(26-20(28)16-6-3-4-7-17(16)21(26)29)23(31)33-15(2)19(27)24-9-11-25(12-10-24)22(30)18-8-5-13-32-18/h3-8,13-15H,9-12H2,1-2H3/t14-,15+/m1/s1. The topological polar surface area (TPSA) is 117 Å². The van der Waals surface area contributed by atoms with Gasteiger partial charge in [-0.1, -0.05) is 12.1 Å². The number of piperazine rings is 1. The van der Waals surface area contributed by atoms with Crippen LogP contribution in [-0.2, 0) is 14.3 Å². The summed E-state index contributed by atoms with van der Waals surface area (Å²) in [6.07, 6.45) is 0.314. The predicted molar refractivity (Wildman–Crippen MR) is 113 cm³/mol. The molecule has 0 unspecified atom stereocenters. The molecule has 1 saturated heterocycles. The van der Waals surface area contributed by atoms with E-state index in [0.29, 0.717) is 13.1 Å². The number of hydrogen-bond acceptors (Lipinski definition) is 7. The van der Waals surface area contributed by atoms with E-state index >= 15 is 0 Å². The van der Waals surface area contributed by atoms with E-state index in [2.05, 4.69) is 0 Å². The number of furan rings is 1. The number of nitrogens with zero attached hydrogens (tertiary/aromatic N) is 3. The van der Waals surface area contributed by atoms with Gasteiger partial charge in [0.2, 0.25) is 0 Å². The Kier molecular flexibility index (Phi) is 5.99. The Labute approximate surface area is 189 Å². The summed E-state index contributed by atoms with van der Waals surface area (Å²) in [7, 11) is 0. The maximum Gasteiger partial charge on any atom is 0.329 e. The van der Waals surface area contributed by atoms with E-state index < -0.39 is 35.8 Å². The van der Waals surface area contributed by atoms with Gasteiger partial charge >= 0.3 is 5.97 Å². The van der Waals surface area contributed by atoms with Crippen molar-refractivity contribution in [1.29, 1.82) is 0 Å². The number of hydrogen-bond donors (Lipinski definition) is 0. The van der Waals surface area contributed by atoms with Crippen LogP contribution < -0.4 is 0 Å². The largest absolute Gasteiger partial charge is 0.459 e. The molecule has 0 aliphatic carbocycles. The molecule has 10 nitrogen and oxygen atoms in total. The number of esters is 1. The van der Waals surface area contributed by atoms with Gasteiger partial charge in [-0.3, -0.25) is 24.1 Å². The van der Waals surface area contributed by atoms with Gasteiger partial charge in [0.25, 0.3) is 23.6 Å². The summed E-state index contributed by atoms with van der Waals surface area (Å²) in [6, 6.07) is 8.35. The smallest absolute Gasteiger partial charge is 0.329 e. The first-order valence-electron chi connectivity index (χ1n) is 10.6. The average Bonchev–Trinajstić information content (AvgIpc) is 3.45. The Morgan fingerprint density at radius 2 is 1.45 bits per heavy atom. The fraction of sp³-hybridized carbons (Fsp3) is 0.348. The van der Waals surface area contributed by atoms with Crippen LogP contribution in [0.3, 0.4) is 0 Å². The SMILES string of the molecule is C[C@H](OC(=O)[C@@H](C)N1C(=O)c2ccccc2C1=O)C(=O)N1CCN(C(=O)c2ccco2)CC1. The maximum atomic E-state index is 12.8. The number of carbonyl (C=O) groups excluding carboxylic acids is 5. The maximum absolute atomic E-state index is 12.8. The summed E-state index contributed by atoms with van der Waals surface area (Å²) in [6.45, 7) is 4.02. The highest BCUT2D eigenvalue weighted by Gasteiger charge is 2.42. The van der Waals surface area contributed by atoms with E-state index in [1.54, 1.807) is 29.2 Å². The van der Waals surface area contributed by atoms with Crippen LogP contribution in [0.15, 0.2) is 47.1 Å². The third kappa shape index (κ3) is 4.11. The Bertz CT molecular complexity index is 1070. The Balaban J connectivity index is 1.32. The van der Waals surface area contributed by atoms with Crippen LogP contribution in [0.1, 0.15) is 45.1 Å². The van der Waals surface area contributed by atoms with E-state index in [1.807, 2.05) is 0 Å². The van der Waals surface area contributed by atoms with E-state index in [1.165, 1.54) is 37.1 Å². The first kappa shape index (κ1) is 22.3. The lowest BCUT2D eigenvalue weighted by atomic mass is 10.1. The van der Waals surface area contributed by atoms with Crippen molar-refractivity contribution in [3.05, 3.63) is 59.5 Å². The van der Waals surface area contributed by atoms with Crippen LogP contribution in [0.5, 0.6) is 0 Å². The van der Waals surface area contributed by atoms with Crippen molar-refractivity contribution in [3.63, 3.8) is 0 Å². The molecule has 2 atom stereocenters.